The Kier molecular flexibility index (Phi) is 3.04. The lowest BCUT2D eigenvalue weighted by molar-refractivity contribution is -0.138. The molecule has 1 unspecified atom stereocenters. The maximum Gasteiger partial charge on any atom is 0.363 e. The van der Waals surface area contributed by atoms with E-state index in [1.165, 1.54) is 0 Å². The van der Waals surface area contributed by atoms with Crippen LogP contribution in [0.15, 0.2) is 5.10 Å². The first-order valence-corrected chi connectivity index (χ1v) is 5.17. The van der Waals surface area contributed by atoms with Crippen molar-refractivity contribution in [3.05, 3.63) is 0 Å². The fraction of sp³-hybridized carbons (Fsp3) is 0.400. The van der Waals surface area contributed by atoms with Crippen molar-refractivity contribution in [3.63, 3.8) is 0 Å². The molecule has 0 radical (unpaired) electrons. The fourth-order valence-electron chi connectivity index (χ4n) is 0.691. The predicted octanol–water partition coefficient (Wildman–Crippen LogP) is 0.122. The molecule has 0 aromatic carbocycles. The third-order valence-corrected chi connectivity index (χ3v) is 3.10. The van der Waals surface area contributed by atoms with E-state index in [0.717, 1.165) is 16.4 Å². The summed E-state index contributed by atoms with van der Waals surface area (Å²) in [4.78, 5) is 21.0. The number of carboxylic acid groups (broad SMARTS) is 2. The van der Waals surface area contributed by atoms with Gasteiger partial charge in [-0.05, 0) is 11.9 Å². The second kappa shape index (κ2) is 3.88. The number of hydrogen-bond acceptors (Lipinski definition) is 6. The van der Waals surface area contributed by atoms with E-state index in [-0.39, 0.29) is 5.04 Å². The third kappa shape index (κ3) is 2.07. The van der Waals surface area contributed by atoms with Crippen LogP contribution in [0.25, 0.3) is 0 Å². The molecule has 1 aliphatic heterocycles. The van der Waals surface area contributed by atoms with Crippen LogP contribution < -0.4 is 0 Å². The molecule has 8 heteroatoms. The monoisotopic (exact) mass is 222 g/mol. The van der Waals surface area contributed by atoms with Gasteiger partial charge in [-0.1, -0.05) is 11.8 Å². The normalized spacial score (nSPS) is 21.5. The van der Waals surface area contributed by atoms with Crippen molar-refractivity contribution in [2.24, 2.45) is 5.10 Å². The lowest BCUT2D eigenvalue weighted by atomic mass is 10.7. The van der Waals surface area contributed by atoms with Crippen LogP contribution in [0.3, 0.4) is 0 Å². The highest BCUT2D eigenvalue weighted by Gasteiger charge is 2.36. The molecule has 2 N–H and O–H groups in total. The SMILES string of the molecule is CSN1N=C(C(=O)O)SC1C(=O)O. The van der Waals surface area contributed by atoms with Crippen LogP contribution in [-0.4, -0.2) is 43.2 Å². The molecule has 1 heterocycles. The Morgan fingerprint density at radius 2 is 2.23 bits per heavy atom. The van der Waals surface area contributed by atoms with E-state index in [9.17, 15) is 9.59 Å². The Morgan fingerprint density at radius 3 is 2.54 bits per heavy atom. The lowest BCUT2D eigenvalue weighted by Gasteiger charge is -2.13. The van der Waals surface area contributed by atoms with E-state index in [0.29, 0.717) is 11.8 Å². The molecule has 6 nitrogen and oxygen atoms in total. The van der Waals surface area contributed by atoms with E-state index >= 15 is 0 Å². The topological polar surface area (TPSA) is 90.2 Å². The molecule has 1 aliphatic rings. The number of carbonyl (C=O) groups is 2. The Bertz CT molecular complexity index is 280. The Balaban J connectivity index is 2.78. The van der Waals surface area contributed by atoms with Crippen molar-refractivity contribution < 1.29 is 19.8 Å². The molecule has 1 atom stereocenters. The van der Waals surface area contributed by atoms with Crippen LogP contribution in [0, 0.1) is 0 Å². The standard InChI is InChI=1S/C5H6N2O4S2/c1-12-7-3(5(10)11)13-2(6-7)4(8)9/h3H,1H3,(H,8,9)(H,10,11). The van der Waals surface area contributed by atoms with Gasteiger partial charge in [0.15, 0.2) is 0 Å². The summed E-state index contributed by atoms with van der Waals surface area (Å²) in [5.41, 5.74) is 0. The van der Waals surface area contributed by atoms with Gasteiger partial charge in [-0.15, -0.1) is 0 Å². The summed E-state index contributed by atoms with van der Waals surface area (Å²) in [5.74, 6) is -2.30. The molecule has 0 spiro atoms. The zero-order valence-corrected chi connectivity index (χ0v) is 8.13. The number of carboxylic acids is 2. The van der Waals surface area contributed by atoms with Gasteiger partial charge in [0.2, 0.25) is 10.4 Å². The summed E-state index contributed by atoms with van der Waals surface area (Å²) in [6.07, 6.45) is 1.63. The second-order valence-corrected chi connectivity index (χ2v) is 3.81. The highest BCUT2D eigenvalue weighted by Crippen LogP contribution is 2.30. The molecule has 72 valence electrons. The molecule has 0 fully saturated rings. The lowest BCUT2D eigenvalue weighted by Crippen LogP contribution is -2.26. The summed E-state index contributed by atoms with van der Waals surface area (Å²) in [6.45, 7) is 0. The molecule has 0 aromatic rings. The van der Waals surface area contributed by atoms with Gasteiger partial charge in [0, 0.05) is 6.26 Å². The van der Waals surface area contributed by atoms with Crippen molar-refractivity contribution >= 4 is 40.7 Å². The van der Waals surface area contributed by atoms with Gasteiger partial charge in [-0.2, -0.15) is 5.10 Å². The highest BCUT2D eigenvalue weighted by molar-refractivity contribution is 8.17. The second-order valence-electron chi connectivity index (χ2n) is 2.00. The number of thioether (sulfide) groups is 1. The summed E-state index contributed by atoms with van der Waals surface area (Å²) >= 11 is 1.79. The number of nitrogens with zero attached hydrogens (tertiary/aromatic N) is 2. The Labute approximate surface area is 82.1 Å². The molecule has 0 amide bonds. The minimum absolute atomic E-state index is 0.193. The largest absolute Gasteiger partial charge is 0.479 e. The minimum atomic E-state index is -1.20. The van der Waals surface area contributed by atoms with Gasteiger partial charge in [0.1, 0.15) is 0 Å². The maximum atomic E-state index is 10.6. The third-order valence-electron chi connectivity index (χ3n) is 1.19. The first kappa shape index (κ1) is 10.2. The average molecular weight is 222 g/mol. The first-order valence-electron chi connectivity index (χ1n) is 3.11. The van der Waals surface area contributed by atoms with Crippen molar-refractivity contribution in [2.75, 3.05) is 6.26 Å². The number of rotatable bonds is 3. The van der Waals surface area contributed by atoms with Gasteiger partial charge in [0.05, 0.1) is 0 Å². The molecule has 0 saturated heterocycles. The van der Waals surface area contributed by atoms with Crippen molar-refractivity contribution in [1.29, 1.82) is 0 Å². The van der Waals surface area contributed by atoms with Crippen molar-refractivity contribution in [3.8, 4) is 0 Å². The maximum absolute atomic E-state index is 10.6. The quantitative estimate of drug-likeness (QED) is 0.655. The molecule has 0 saturated carbocycles. The zero-order chi connectivity index (χ0) is 10.0. The molecule has 0 aliphatic carbocycles. The van der Waals surface area contributed by atoms with Crippen LogP contribution in [0.5, 0.6) is 0 Å². The van der Waals surface area contributed by atoms with Crippen LogP contribution in [0.1, 0.15) is 0 Å². The molecule has 0 aromatic heterocycles. The summed E-state index contributed by atoms with van der Waals surface area (Å²) in [7, 11) is 0. The zero-order valence-electron chi connectivity index (χ0n) is 6.50. The van der Waals surface area contributed by atoms with Crippen LogP contribution >= 0.6 is 23.7 Å². The van der Waals surface area contributed by atoms with Gasteiger partial charge < -0.3 is 10.2 Å². The molecule has 0 bridgehead atoms. The van der Waals surface area contributed by atoms with Gasteiger partial charge >= 0.3 is 11.9 Å². The van der Waals surface area contributed by atoms with Crippen LogP contribution in [0.2, 0.25) is 0 Å². The average Bonchev–Trinajstić information content (AvgIpc) is 2.47. The number of hydrazone groups is 1. The molecule has 1 rings (SSSR count). The Morgan fingerprint density at radius 1 is 1.62 bits per heavy atom. The van der Waals surface area contributed by atoms with E-state index in [1.807, 2.05) is 0 Å². The van der Waals surface area contributed by atoms with Gasteiger partial charge in [-0.25, -0.2) is 14.0 Å². The van der Waals surface area contributed by atoms with Crippen LogP contribution in [0.4, 0.5) is 0 Å². The fourth-order valence-corrected chi connectivity index (χ4v) is 2.26. The Hall–Kier alpha value is -0.890. The number of aliphatic carboxylic acids is 2. The molecule has 13 heavy (non-hydrogen) atoms. The molecular formula is C5H6N2O4S2. The van der Waals surface area contributed by atoms with Gasteiger partial charge in [0.25, 0.3) is 0 Å². The van der Waals surface area contributed by atoms with Gasteiger partial charge in [-0.3, -0.25) is 0 Å². The summed E-state index contributed by atoms with van der Waals surface area (Å²) < 4.78 is 1.15. The van der Waals surface area contributed by atoms with Crippen molar-refractivity contribution in [2.45, 2.75) is 5.37 Å². The smallest absolute Gasteiger partial charge is 0.363 e. The van der Waals surface area contributed by atoms with Crippen molar-refractivity contribution in [1.82, 2.24) is 4.41 Å². The molecular weight excluding hydrogens is 216 g/mol. The summed E-state index contributed by atoms with van der Waals surface area (Å²) in [6, 6.07) is 0. The number of hydrogen-bond donors (Lipinski definition) is 2. The highest BCUT2D eigenvalue weighted by atomic mass is 32.2. The summed E-state index contributed by atoms with van der Waals surface area (Å²) in [5, 5.41) is 19.7. The predicted molar refractivity (Wildman–Crippen MR) is 49.4 cm³/mol. The van der Waals surface area contributed by atoms with E-state index in [4.69, 9.17) is 10.2 Å². The first-order chi connectivity index (χ1) is 6.06. The van der Waals surface area contributed by atoms with E-state index in [2.05, 4.69) is 5.10 Å². The van der Waals surface area contributed by atoms with E-state index < -0.39 is 17.3 Å². The van der Waals surface area contributed by atoms with E-state index in [1.54, 1.807) is 6.26 Å². The van der Waals surface area contributed by atoms with Crippen LogP contribution in [-0.2, 0) is 9.59 Å². The minimum Gasteiger partial charge on any atom is -0.479 e.